The molecule has 2 aliphatic heterocycles. The van der Waals surface area contributed by atoms with Crippen molar-refractivity contribution in [2.45, 2.75) is 12.8 Å². The number of nitrogens with zero attached hydrogens (tertiary/aromatic N) is 1. The van der Waals surface area contributed by atoms with Crippen molar-refractivity contribution >= 4 is 22.6 Å². The lowest BCUT2D eigenvalue weighted by molar-refractivity contribution is -0.132. The van der Waals surface area contributed by atoms with Gasteiger partial charge in [0.25, 0.3) is 0 Å². The van der Waals surface area contributed by atoms with Crippen LogP contribution < -0.4 is 0 Å². The zero-order chi connectivity index (χ0) is 12.4. The van der Waals surface area contributed by atoms with Gasteiger partial charge in [0.1, 0.15) is 0 Å². The van der Waals surface area contributed by atoms with Crippen molar-refractivity contribution in [1.82, 2.24) is 4.90 Å². The lowest BCUT2D eigenvalue weighted by Crippen LogP contribution is -2.33. The molecular weight excluding hydrogens is 242 g/mol. The minimum atomic E-state index is 0.0864. The van der Waals surface area contributed by atoms with Crippen molar-refractivity contribution in [3.8, 4) is 0 Å². The number of rotatable bonds is 2. The molecule has 3 rings (SSSR count). The fourth-order valence-electron chi connectivity index (χ4n) is 2.56. The Bertz CT molecular complexity index is 463. The van der Waals surface area contributed by atoms with Crippen LogP contribution in [-0.2, 0) is 4.79 Å². The molecule has 1 unspecified atom stereocenters. The third kappa shape index (κ3) is 2.32. The molecule has 1 aromatic carbocycles. The van der Waals surface area contributed by atoms with Crippen LogP contribution in [0.2, 0.25) is 0 Å². The third-order valence-electron chi connectivity index (χ3n) is 3.56. The predicted molar refractivity (Wildman–Crippen MR) is 76.2 cm³/mol. The average Bonchev–Trinajstić information content (AvgIpc) is 3.10. The van der Waals surface area contributed by atoms with E-state index >= 15 is 0 Å². The van der Waals surface area contributed by atoms with Gasteiger partial charge in [-0.3, -0.25) is 4.79 Å². The number of benzene rings is 1. The Balaban J connectivity index is 1.73. The first-order valence-corrected chi connectivity index (χ1v) is 7.52. The van der Waals surface area contributed by atoms with Crippen molar-refractivity contribution < 1.29 is 4.79 Å². The Morgan fingerprint density at radius 1 is 1.17 bits per heavy atom. The normalized spacial score (nSPS) is 23.2. The molecule has 0 aliphatic carbocycles. The molecule has 94 valence electrons. The highest BCUT2D eigenvalue weighted by molar-refractivity contribution is 8.08. The summed E-state index contributed by atoms with van der Waals surface area (Å²) in [4.78, 5) is 15.6. The summed E-state index contributed by atoms with van der Waals surface area (Å²) in [5.41, 5.74) is 1.24. The Kier molecular flexibility index (Phi) is 3.41. The topological polar surface area (TPSA) is 20.3 Å². The van der Waals surface area contributed by atoms with Crippen molar-refractivity contribution in [1.29, 1.82) is 0 Å². The summed E-state index contributed by atoms with van der Waals surface area (Å²) in [5, 5.41) is 0. The zero-order valence-corrected chi connectivity index (χ0v) is 11.2. The van der Waals surface area contributed by atoms with E-state index in [1.54, 1.807) is 11.8 Å². The van der Waals surface area contributed by atoms with Gasteiger partial charge in [-0.05, 0) is 18.4 Å². The van der Waals surface area contributed by atoms with Gasteiger partial charge in [-0.2, -0.15) is 0 Å². The molecule has 18 heavy (non-hydrogen) atoms. The fourth-order valence-corrected chi connectivity index (χ4v) is 3.72. The smallest absolute Gasteiger partial charge is 0.230 e. The lowest BCUT2D eigenvalue weighted by Gasteiger charge is -2.18. The van der Waals surface area contributed by atoms with E-state index in [0.29, 0.717) is 5.91 Å². The maximum Gasteiger partial charge on any atom is 0.230 e. The molecule has 0 spiro atoms. The van der Waals surface area contributed by atoms with Gasteiger partial charge in [-0.25, -0.2) is 0 Å². The summed E-state index contributed by atoms with van der Waals surface area (Å²) in [7, 11) is 0. The SMILES string of the molecule is O=C(C1C=C(c2ccccc2)SC1)N1CCCC1. The first-order valence-electron chi connectivity index (χ1n) is 6.53. The second-order valence-electron chi connectivity index (χ2n) is 4.85. The Morgan fingerprint density at radius 3 is 2.61 bits per heavy atom. The van der Waals surface area contributed by atoms with Crippen LogP contribution in [0.1, 0.15) is 18.4 Å². The summed E-state index contributed by atoms with van der Waals surface area (Å²) in [6.45, 7) is 1.91. The molecule has 0 saturated carbocycles. The van der Waals surface area contributed by atoms with Crippen LogP contribution in [-0.4, -0.2) is 29.6 Å². The van der Waals surface area contributed by atoms with Gasteiger partial charge in [0, 0.05) is 23.7 Å². The van der Waals surface area contributed by atoms with E-state index < -0.39 is 0 Å². The highest BCUT2D eigenvalue weighted by atomic mass is 32.2. The van der Waals surface area contributed by atoms with E-state index in [1.165, 1.54) is 23.3 Å². The fraction of sp³-hybridized carbons (Fsp3) is 0.400. The number of thioether (sulfide) groups is 1. The van der Waals surface area contributed by atoms with Gasteiger partial charge in [0.2, 0.25) is 5.91 Å². The van der Waals surface area contributed by atoms with E-state index in [2.05, 4.69) is 18.2 Å². The Labute approximate surface area is 112 Å². The van der Waals surface area contributed by atoms with Crippen LogP contribution in [0.4, 0.5) is 0 Å². The molecule has 2 aliphatic rings. The largest absolute Gasteiger partial charge is 0.342 e. The van der Waals surface area contributed by atoms with Crippen molar-refractivity contribution in [3.05, 3.63) is 42.0 Å². The van der Waals surface area contributed by atoms with E-state index in [0.717, 1.165) is 18.8 Å². The van der Waals surface area contributed by atoms with Gasteiger partial charge >= 0.3 is 0 Å². The quantitative estimate of drug-likeness (QED) is 0.813. The van der Waals surface area contributed by atoms with E-state index in [-0.39, 0.29) is 5.92 Å². The van der Waals surface area contributed by atoms with Crippen LogP contribution >= 0.6 is 11.8 Å². The standard InChI is InChI=1S/C15H17NOS/c17-15(16-8-4-5-9-16)13-10-14(18-11-13)12-6-2-1-3-7-12/h1-3,6-7,10,13H,4-5,8-9,11H2. The number of hydrogen-bond acceptors (Lipinski definition) is 2. The number of carbonyl (C=O) groups is 1. The molecule has 1 amide bonds. The van der Waals surface area contributed by atoms with Crippen LogP contribution in [0.25, 0.3) is 4.91 Å². The van der Waals surface area contributed by atoms with Gasteiger partial charge in [-0.1, -0.05) is 36.4 Å². The molecule has 1 fully saturated rings. The molecule has 0 radical (unpaired) electrons. The maximum atomic E-state index is 12.3. The molecule has 0 bridgehead atoms. The highest BCUT2D eigenvalue weighted by Crippen LogP contribution is 2.37. The van der Waals surface area contributed by atoms with Crippen molar-refractivity contribution in [2.75, 3.05) is 18.8 Å². The van der Waals surface area contributed by atoms with Crippen LogP contribution in [0.3, 0.4) is 0 Å². The van der Waals surface area contributed by atoms with Gasteiger partial charge in [-0.15, -0.1) is 11.8 Å². The molecule has 2 nitrogen and oxygen atoms in total. The Hall–Kier alpha value is -1.22. The first kappa shape index (κ1) is 11.8. The van der Waals surface area contributed by atoms with Crippen molar-refractivity contribution in [3.63, 3.8) is 0 Å². The monoisotopic (exact) mass is 259 g/mol. The average molecular weight is 259 g/mol. The number of carbonyl (C=O) groups excluding carboxylic acids is 1. The van der Waals surface area contributed by atoms with Gasteiger partial charge in [0.05, 0.1) is 5.92 Å². The minimum absolute atomic E-state index is 0.0864. The zero-order valence-electron chi connectivity index (χ0n) is 10.3. The van der Waals surface area contributed by atoms with E-state index in [9.17, 15) is 4.79 Å². The molecule has 2 heterocycles. The molecule has 1 saturated heterocycles. The number of likely N-dealkylation sites (tertiary alicyclic amines) is 1. The number of amides is 1. The van der Waals surface area contributed by atoms with E-state index in [4.69, 9.17) is 0 Å². The Morgan fingerprint density at radius 2 is 1.89 bits per heavy atom. The predicted octanol–water partition coefficient (Wildman–Crippen LogP) is 3.01. The van der Waals surface area contributed by atoms with E-state index in [1.807, 2.05) is 23.1 Å². The minimum Gasteiger partial charge on any atom is -0.342 e. The second-order valence-corrected chi connectivity index (χ2v) is 5.91. The lowest BCUT2D eigenvalue weighted by atomic mass is 10.1. The van der Waals surface area contributed by atoms with Crippen molar-refractivity contribution in [2.24, 2.45) is 5.92 Å². The molecule has 0 N–H and O–H groups in total. The molecule has 1 atom stereocenters. The van der Waals surface area contributed by atoms with Crippen LogP contribution in [0, 0.1) is 5.92 Å². The molecule has 3 heteroatoms. The summed E-state index contributed by atoms with van der Waals surface area (Å²) < 4.78 is 0. The molecular formula is C15H17NOS. The van der Waals surface area contributed by atoms with Gasteiger partial charge < -0.3 is 4.90 Å². The molecule has 1 aromatic rings. The summed E-state index contributed by atoms with van der Waals surface area (Å²) in [6, 6.07) is 10.3. The van der Waals surface area contributed by atoms with Crippen LogP contribution in [0.15, 0.2) is 36.4 Å². The first-order chi connectivity index (χ1) is 8.84. The summed E-state index contributed by atoms with van der Waals surface area (Å²) >= 11 is 1.80. The number of hydrogen-bond donors (Lipinski definition) is 0. The summed E-state index contributed by atoms with van der Waals surface area (Å²) in [5.74, 6) is 1.31. The second kappa shape index (κ2) is 5.19. The van der Waals surface area contributed by atoms with Crippen LogP contribution in [0.5, 0.6) is 0 Å². The maximum absolute atomic E-state index is 12.3. The highest BCUT2D eigenvalue weighted by Gasteiger charge is 2.29. The molecule has 0 aromatic heterocycles. The van der Waals surface area contributed by atoms with Gasteiger partial charge in [0.15, 0.2) is 0 Å². The third-order valence-corrected chi connectivity index (χ3v) is 4.77. The summed E-state index contributed by atoms with van der Waals surface area (Å²) in [6.07, 6.45) is 4.49.